The molecule has 0 aliphatic heterocycles. The molecule has 1 saturated carbocycles. The molecule has 0 saturated heterocycles. The molecule has 2 atom stereocenters. The maximum absolute atomic E-state index is 11.9. The van der Waals surface area contributed by atoms with Crippen LogP contribution in [0.5, 0.6) is 0 Å². The first-order chi connectivity index (χ1) is 8.25. The molecule has 5 heteroatoms. The highest BCUT2D eigenvalue weighted by Gasteiger charge is 2.61. The Morgan fingerprint density at radius 3 is 2.50 bits per heavy atom. The Morgan fingerprint density at radius 1 is 1.50 bits per heavy atom. The summed E-state index contributed by atoms with van der Waals surface area (Å²) in [6.07, 6.45) is 1.54. The highest BCUT2D eigenvalue weighted by atomic mass is 16.6. The molecule has 0 spiro atoms. The monoisotopic (exact) mass is 255 g/mol. The average molecular weight is 255 g/mol. The van der Waals surface area contributed by atoms with Crippen molar-refractivity contribution >= 4 is 12.1 Å². The van der Waals surface area contributed by atoms with Gasteiger partial charge in [-0.25, -0.2) is 9.59 Å². The Balaban J connectivity index is 2.68. The summed E-state index contributed by atoms with van der Waals surface area (Å²) in [5, 5.41) is 2.60. The molecule has 0 heterocycles. The molecule has 5 nitrogen and oxygen atoms in total. The van der Waals surface area contributed by atoms with Crippen molar-refractivity contribution in [3.63, 3.8) is 0 Å². The van der Waals surface area contributed by atoms with Gasteiger partial charge in [0.05, 0.1) is 6.61 Å². The van der Waals surface area contributed by atoms with E-state index in [-0.39, 0.29) is 12.5 Å². The van der Waals surface area contributed by atoms with Gasteiger partial charge in [0.2, 0.25) is 0 Å². The standard InChI is InChI=1S/C13H21NO4/c1-6-9-8-13(9,10(15)17-7-2)14-11(16)18-12(3,4)5/h6,9H,1,7-8H2,2-5H3,(H,14,16)/t9-,13-/m0/s1. The van der Waals surface area contributed by atoms with E-state index < -0.39 is 23.2 Å². The van der Waals surface area contributed by atoms with Crippen LogP contribution >= 0.6 is 0 Å². The lowest BCUT2D eigenvalue weighted by Gasteiger charge is -2.23. The predicted molar refractivity (Wildman–Crippen MR) is 67.0 cm³/mol. The van der Waals surface area contributed by atoms with Gasteiger partial charge in [-0.2, -0.15) is 0 Å². The van der Waals surface area contributed by atoms with Crippen molar-refractivity contribution in [2.75, 3.05) is 6.61 Å². The van der Waals surface area contributed by atoms with Crippen molar-refractivity contribution in [1.29, 1.82) is 0 Å². The second-order valence-electron chi connectivity index (χ2n) is 5.37. The zero-order valence-electron chi connectivity index (χ0n) is 11.4. The number of rotatable bonds is 4. The first kappa shape index (κ1) is 14.5. The summed E-state index contributed by atoms with van der Waals surface area (Å²) in [7, 11) is 0. The highest BCUT2D eigenvalue weighted by molar-refractivity contribution is 5.90. The van der Waals surface area contributed by atoms with Crippen molar-refractivity contribution in [1.82, 2.24) is 5.32 Å². The summed E-state index contributed by atoms with van der Waals surface area (Å²) in [5.41, 5.74) is -1.58. The number of carbonyl (C=O) groups is 2. The Bertz CT molecular complexity index is 358. The molecule has 0 radical (unpaired) electrons. The summed E-state index contributed by atoms with van der Waals surface area (Å²) in [6, 6.07) is 0. The van der Waals surface area contributed by atoms with Gasteiger partial charge in [-0.3, -0.25) is 0 Å². The number of carbonyl (C=O) groups excluding carboxylic acids is 2. The van der Waals surface area contributed by atoms with Gasteiger partial charge in [0, 0.05) is 5.92 Å². The highest BCUT2D eigenvalue weighted by Crippen LogP contribution is 2.45. The summed E-state index contributed by atoms with van der Waals surface area (Å²) in [4.78, 5) is 23.6. The fourth-order valence-corrected chi connectivity index (χ4v) is 1.75. The van der Waals surface area contributed by atoms with Crippen LogP contribution in [-0.4, -0.2) is 29.8 Å². The lowest BCUT2D eigenvalue weighted by atomic mass is 10.2. The molecule has 0 bridgehead atoms. The Labute approximate surface area is 108 Å². The lowest BCUT2D eigenvalue weighted by Crippen LogP contribution is -2.47. The van der Waals surface area contributed by atoms with Gasteiger partial charge in [0.25, 0.3) is 0 Å². The molecule has 18 heavy (non-hydrogen) atoms. The first-order valence-corrected chi connectivity index (χ1v) is 6.06. The molecule has 1 fully saturated rings. The topological polar surface area (TPSA) is 64.6 Å². The molecule has 1 aliphatic carbocycles. The number of ether oxygens (including phenoxy) is 2. The van der Waals surface area contributed by atoms with E-state index in [1.54, 1.807) is 33.8 Å². The van der Waals surface area contributed by atoms with E-state index in [0.29, 0.717) is 6.42 Å². The zero-order valence-corrected chi connectivity index (χ0v) is 11.4. The lowest BCUT2D eigenvalue weighted by molar-refractivity contribution is -0.147. The number of hydrogen-bond acceptors (Lipinski definition) is 4. The normalized spacial score (nSPS) is 26.1. The predicted octanol–water partition coefficient (Wildman–Crippen LogP) is 2.02. The fourth-order valence-electron chi connectivity index (χ4n) is 1.75. The van der Waals surface area contributed by atoms with Gasteiger partial charge in [0.1, 0.15) is 11.1 Å². The van der Waals surface area contributed by atoms with Crippen molar-refractivity contribution in [2.24, 2.45) is 5.92 Å². The Hall–Kier alpha value is -1.52. The van der Waals surface area contributed by atoms with E-state index in [1.165, 1.54) is 0 Å². The minimum Gasteiger partial charge on any atom is -0.464 e. The number of hydrogen-bond donors (Lipinski definition) is 1. The molecule has 0 unspecified atom stereocenters. The van der Waals surface area contributed by atoms with Crippen LogP contribution in [0.1, 0.15) is 34.1 Å². The number of amides is 1. The minimum absolute atomic E-state index is 0.0935. The maximum atomic E-state index is 11.9. The van der Waals surface area contributed by atoms with E-state index in [4.69, 9.17) is 9.47 Å². The van der Waals surface area contributed by atoms with Crippen molar-refractivity contribution in [3.05, 3.63) is 12.7 Å². The van der Waals surface area contributed by atoms with Crippen LogP contribution < -0.4 is 5.32 Å². The van der Waals surface area contributed by atoms with E-state index in [0.717, 1.165) is 0 Å². The third-order valence-electron chi connectivity index (χ3n) is 2.66. The summed E-state index contributed by atoms with van der Waals surface area (Å²) >= 11 is 0. The van der Waals surface area contributed by atoms with E-state index in [2.05, 4.69) is 11.9 Å². The van der Waals surface area contributed by atoms with Gasteiger partial charge in [-0.1, -0.05) is 6.08 Å². The van der Waals surface area contributed by atoms with E-state index in [1.807, 2.05) is 0 Å². The number of alkyl carbamates (subject to hydrolysis) is 1. The van der Waals surface area contributed by atoms with Gasteiger partial charge >= 0.3 is 12.1 Å². The van der Waals surface area contributed by atoms with Crippen LogP contribution in [0.25, 0.3) is 0 Å². The van der Waals surface area contributed by atoms with E-state index in [9.17, 15) is 9.59 Å². The van der Waals surface area contributed by atoms with Crippen LogP contribution in [0.4, 0.5) is 4.79 Å². The van der Waals surface area contributed by atoms with Crippen LogP contribution in [0.2, 0.25) is 0 Å². The largest absolute Gasteiger partial charge is 0.464 e. The summed E-state index contributed by atoms with van der Waals surface area (Å²) < 4.78 is 10.1. The van der Waals surface area contributed by atoms with Crippen molar-refractivity contribution in [2.45, 2.75) is 45.3 Å². The molecular weight excluding hydrogens is 234 g/mol. The molecule has 1 amide bonds. The van der Waals surface area contributed by atoms with Crippen LogP contribution in [-0.2, 0) is 14.3 Å². The minimum atomic E-state index is -0.986. The third-order valence-corrected chi connectivity index (χ3v) is 2.66. The van der Waals surface area contributed by atoms with Gasteiger partial charge < -0.3 is 14.8 Å². The SMILES string of the molecule is C=C[C@H]1C[C@@]1(NC(=O)OC(C)(C)C)C(=O)OCC. The van der Waals surface area contributed by atoms with Crippen LogP contribution in [0, 0.1) is 5.92 Å². The smallest absolute Gasteiger partial charge is 0.408 e. The van der Waals surface area contributed by atoms with E-state index >= 15 is 0 Å². The molecule has 102 valence electrons. The average Bonchev–Trinajstić information content (AvgIpc) is 2.90. The molecule has 1 aliphatic rings. The summed E-state index contributed by atoms with van der Waals surface area (Å²) in [5.74, 6) is -0.523. The molecule has 1 rings (SSSR count). The molecule has 1 N–H and O–H groups in total. The summed E-state index contributed by atoms with van der Waals surface area (Å²) in [6.45, 7) is 10.9. The van der Waals surface area contributed by atoms with Gasteiger partial charge in [-0.15, -0.1) is 6.58 Å². The van der Waals surface area contributed by atoms with Crippen LogP contribution in [0.15, 0.2) is 12.7 Å². The third kappa shape index (κ3) is 3.24. The molecule has 0 aromatic carbocycles. The second kappa shape index (κ2) is 5.00. The van der Waals surface area contributed by atoms with Gasteiger partial charge in [0.15, 0.2) is 0 Å². The maximum Gasteiger partial charge on any atom is 0.408 e. The van der Waals surface area contributed by atoms with Crippen molar-refractivity contribution in [3.8, 4) is 0 Å². The van der Waals surface area contributed by atoms with Gasteiger partial charge in [-0.05, 0) is 34.1 Å². The van der Waals surface area contributed by atoms with Crippen molar-refractivity contribution < 1.29 is 19.1 Å². The fraction of sp³-hybridized carbons (Fsp3) is 0.692. The number of nitrogens with one attached hydrogen (secondary N) is 1. The quantitative estimate of drug-likeness (QED) is 0.616. The Morgan fingerprint density at radius 2 is 2.11 bits per heavy atom. The zero-order chi connectivity index (χ0) is 14.0. The molecule has 0 aromatic rings. The first-order valence-electron chi connectivity index (χ1n) is 6.06. The second-order valence-corrected chi connectivity index (χ2v) is 5.37. The molecular formula is C13H21NO4. The number of esters is 1. The Kier molecular flexibility index (Phi) is 4.04. The van der Waals surface area contributed by atoms with Crippen LogP contribution in [0.3, 0.4) is 0 Å². The molecule has 0 aromatic heterocycles.